The van der Waals surface area contributed by atoms with Crippen LogP contribution in [0.3, 0.4) is 0 Å². The highest BCUT2D eigenvalue weighted by molar-refractivity contribution is 5.16. The van der Waals surface area contributed by atoms with Crippen LogP contribution >= 0.6 is 0 Å². The third kappa shape index (κ3) is 1.53. The molecule has 0 aromatic heterocycles. The molecule has 2 aliphatic rings. The van der Waals surface area contributed by atoms with E-state index in [1.54, 1.807) is 0 Å². The largest absolute Gasteiger partial charge is 0.0848 e. The first-order valence-electron chi connectivity index (χ1n) is 6.34. The van der Waals surface area contributed by atoms with Gasteiger partial charge in [-0.05, 0) is 36.0 Å². The van der Waals surface area contributed by atoms with Gasteiger partial charge >= 0.3 is 0 Å². The molecule has 2 bridgehead atoms. The Morgan fingerprint density at radius 1 is 1.21 bits per heavy atom. The van der Waals surface area contributed by atoms with E-state index in [1.165, 1.54) is 32.1 Å². The van der Waals surface area contributed by atoms with Crippen molar-refractivity contribution in [3.8, 4) is 0 Å². The Kier molecular flexibility index (Phi) is 2.72. The SMILES string of the molecule is CCCCCC1C2C=CC(C2)C1(C)C. The second-order valence-electron chi connectivity index (χ2n) is 5.81. The van der Waals surface area contributed by atoms with E-state index in [9.17, 15) is 0 Å². The van der Waals surface area contributed by atoms with Gasteiger partial charge in [0.1, 0.15) is 0 Å². The van der Waals surface area contributed by atoms with E-state index in [4.69, 9.17) is 0 Å². The lowest BCUT2D eigenvalue weighted by Gasteiger charge is -2.35. The van der Waals surface area contributed by atoms with E-state index >= 15 is 0 Å². The Labute approximate surface area is 88.8 Å². The molecule has 3 unspecified atom stereocenters. The summed E-state index contributed by atoms with van der Waals surface area (Å²) in [5.74, 6) is 2.79. The fourth-order valence-corrected chi connectivity index (χ4v) is 3.60. The van der Waals surface area contributed by atoms with Crippen LogP contribution in [0.4, 0.5) is 0 Å². The maximum absolute atomic E-state index is 2.49. The van der Waals surface area contributed by atoms with Crippen LogP contribution < -0.4 is 0 Å². The van der Waals surface area contributed by atoms with Gasteiger partial charge in [0.05, 0.1) is 0 Å². The highest BCUT2D eigenvalue weighted by Crippen LogP contribution is 2.57. The molecule has 14 heavy (non-hydrogen) atoms. The predicted octanol–water partition coefficient (Wildman–Crippen LogP) is 4.42. The zero-order valence-electron chi connectivity index (χ0n) is 9.92. The average molecular weight is 192 g/mol. The molecular formula is C14H24. The minimum Gasteiger partial charge on any atom is -0.0848 e. The second kappa shape index (κ2) is 3.72. The standard InChI is InChI=1S/C14H24/c1-4-5-6-7-13-11-8-9-12(10-11)14(13,2)3/h8-9,11-13H,4-7,10H2,1-3H3. The first-order chi connectivity index (χ1) is 6.66. The van der Waals surface area contributed by atoms with E-state index in [0.717, 1.165) is 17.8 Å². The summed E-state index contributed by atoms with van der Waals surface area (Å²) in [7, 11) is 0. The van der Waals surface area contributed by atoms with Gasteiger partial charge in [-0.2, -0.15) is 0 Å². The first-order valence-corrected chi connectivity index (χ1v) is 6.34. The van der Waals surface area contributed by atoms with Crippen LogP contribution in [0.25, 0.3) is 0 Å². The molecule has 0 heteroatoms. The van der Waals surface area contributed by atoms with Gasteiger partial charge in [0.2, 0.25) is 0 Å². The minimum absolute atomic E-state index is 0.590. The van der Waals surface area contributed by atoms with Crippen LogP contribution in [0, 0.1) is 23.2 Å². The maximum Gasteiger partial charge on any atom is -0.0173 e. The number of unbranched alkanes of at least 4 members (excludes halogenated alkanes) is 2. The molecule has 1 saturated carbocycles. The Bertz CT molecular complexity index is 224. The highest BCUT2D eigenvalue weighted by Gasteiger charge is 2.49. The van der Waals surface area contributed by atoms with Crippen molar-refractivity contribution in [2.45, 2.75) is 52.9 Å². The van der Waals surface area contributed by atoms with Crippen LogP contribution in [0.15, 0.2) is 12.2 Å². The molecule has 0 saturated heterocycles. The van der Waals surface area contributed by atoms with Crippen molar-refractivity contribution in [3.63, 3.8) is 0 Å². The van der Waals surface area contributed by atoms with E-state index in [0.29, 0.717) is 5.41 Å². The lowest BCUT2D eigenvalue weighted by molar-refractivity contribution is 0.176. The number of allylic oxidation sites excluding steroid dienone is 2. The molecule has 80 valence electrons. The van der Waals surface area contributed by atoms with Gasteiger partial charge in [0.25, 0.3) is 0 Å². The van der Waals surface area contributed by atoms with E-state index in [1.807, 2.05) is 0 Å². The molecule has 2 rings (SSSR count). The maximum atomic E-state index is 2.49. The quantitative estimate of drug-likeness (QED) is 0.457. The van der Waals surface area contributed by atoms with Crippen LogP contribution in [0.2, 0.25) is 0 Å². The van der Waals surface area contributed by atoms with Gasteiger partial charge in [-0.1, -0.05) is 52.2 Å². The molecule has 0 heterocycles. The third-order valence-electron chi connectivity index (χ3n) is 4.66. The summed E-state index contributed by atoms with van der Waals surface area (Å²) >= 11 is 0. The van der Waals surface area contributed by atoms with Crippen LogP contribution in [-0.2, 0) is 0 Å². The highest BCUT2D eigenvalue weighted by atomic mass is 14.5. The molecule has 0 aromatic carbocycles. The van der Waals surface area contributed by atoms with Crippen molar-refractivity contribution in [1.29, 1.82) is 0 Å². The summed E-state index contributed by atoms with van der Waals surface area (Å²) in [6.45, 7) is 7.27. The minimum atomic E-state index is 0.590. The molecule has 0 nitrogen and oxygen atoms in total. The summed E-state index contributed by atoms with van der Waals surface area (Å²) in [6.07, 6.45) is 12.1. The van der Waals surface area contributed by atoms with E-state index in [-0.39, 0.29) is 0 Å². The van der Waals surface area contributed by atoms with Gasteiger partial charge in [-0.15, -0.1) is 0 Å². The zero-order valence-corrected chi connectivity index (χ0v) is 9.92. The summed E-state index contributed by atoms with van der Waals surface area (Å²) < 4.78 is 0. The summed E-state index contributed by atoms with van der Waals surface area (Å²) in [5, 5.41) is 0. The van der Waals surface area contributed by atoms with Gasteiger partial charge in [-0.3, -0.25) is 0 Å². The molecule has 2 aliphatic carbocycles. The third-order valence-corrected chi connectivity index (χ3v) is 4.66. The molecule has 0 N–H and O–H groups in total. The Morgan fingerprint density at radius 3 is 2.57 bits per heavy atom. The summed E-state index contributed by atoms with van der Waals surface area (Å²) in [4.78, 5) is 0. The molecule has 0 amide bonds. The first kappa shape index (κ1) is 10.3. The fourth-order valence-electron chi connectivity index (χ4n) is 3.60. The van der Waals surface area contributed by atoms with Gasteiger partial charge in [0, 0.05) is 0 Å². The van der Waals surface area contributed by atoms with Crippen LogP contribution in [0.5, 0.6) is 0 Å². The number of rotatable bonds is 4. The van der Waals surface area contributed by atoms with Crippen molar-refractivity contribution < 1.29 is 0 Å². The Hall–Kier alpha value is -0.260. The smallest absolute Gasteiger partial charge is 0.0173 e. The predicted molar refractivity (Wildman–Crippen MR) is 62.2 cm³/mol. The number of fused-ring (bicyclic) bond motifs is 2. The second-order valence-corrected chi connectivity index (χ2v) is 5.81. The molecule has 3 atom stereocenters. The van der Waals surface area contributed by atoms with Crippen molar-refractivity contribution in [3.05, 3.63) is 12.2 Å². The fraction of sp³-hybridized carbons (Fsp3) is 0.857. The van der Waals surface area contributed by atoms with Crippen molar-refractivity contribution in [2.24, 2.45) is 23.2 Å². The summed E-state index contributed by atoms with van der Waals surface area (Å²) in [5.41, 5.74) is 0.590. The molecule has 0 aliphatic heterocycles. The van der Waals surface area contributed by atoms with Gasteiger partial charge in [0.15, 0.2) is 0 Å². The Balaban J connectivity index is 1.95. The lowest BCUT2D eigenvalue weighted by atomic mass is 9.69. The number of hydrogen-bond acceptors (Lipinski definition) is 0. The van der Waals surface area contributed by atoms with Crippen molar-refractivity contribution >= 4 is 0 Å². The topological polar surface area (TPSA) is 0 Å². The molecule has 1 fully saturated rings. The van der Waals surface area contributed by atoms with Crippen LogP contribution in [0.1, 0.15) is 52.9 Å². The lowest BCUT2D eigenvalue weighted by Crippen LogP contribution is -2.28. The average Bonchev–Trinajstić information content (AvgIpc) is 2.67. The van der Waals surface area contributed by atoms with Gasteiger partial charge < -0.3 is 0 Å². The number of hydrogen-bond donors (Lipinski definition) is 0. The van der Waals surface area contributed by atoms with Crippen molar-refractivity contribution in [1.82, 2.24) is 0 Å². The molecule has 0 radical (unpaired) electrons. The van der Waals surface area contributed by atoms with Crippen molar-refractivity contribution in [2.75, 3.05) is 0 Å². The molecular weight excluding hydrogens is 168 g/mol. The molecule has 0 aromatic rings. The van der Waals surface area contributed by atoms with E-state index in [2.05, 4.69) is 32.9 Å². The van der Waals surface area contributed by atoms with E-state index < -0.39 is 0 Å². The summed E-state index contributed by atoms with van der Waals surface area (Å²) in [6, 6.07) is 0. The Morgan fingerprint density at radius 2 is 2.00 bits per heavy atom. The van der Waals surface area contributed by atoms with Crippen LogP contribution in [-0.4, -0.2) is 0 Å². The zero-order chi connectivity index (χ0) is 10.2. The van der Waals surface area contributed by atoms with Gasteiger partial charge in [-0.25, -0.2) is 0 Å². The monoisotopic (exact) mass is 192 g/mol. The normalized spacial score (nSPS) is 38.1. The molecule has 0 spiro atoms.